The van der Waals surface area contributed by atoms with Gasteiger partial charge < -0.3 is 10.1 Å². The Morgan fingerprint density at radius 1 is 1.50 bits per heavy atom. The van der Waals surface area contributed by atoms with Gasteiger partial charge in [-0.1, -0.05) is 6.08 Å². The van der Waals surface area contributed by atoms with Gasteiger partial charge in [0.1, 0.15) is 5.76 Å². The molecule has 1 aliphatic rings. The number of hydrogen-bond donors (Lipinski definition) is 1. The van der Waals surface area contributed by atoms with E-state index in [4.69, 9.17) is 10.1 Å². The largest absolute Gasteiger partial charge is 0.497 e. The van der Waals surface area contributed by atoms with Gasteiger partial charge in [-0.15, -0.1) is 0 Å². The molecule has 0 fully saturated rings. The molecule has 54 valence electrons. The van der Waals surface area contributed by atoms with Crippen LogP contribution < -0.4 is 0 Å². The molecule has 0 amide bonds. The Kier molecular flexibility index (Phi) is 2.26. The first kappa shape index (κ1) is 7.06. The molecule has 0 saturated heterocycles. The summed E-state index contributed by atoms with van der Waals surface area (Å²) in [7, 11) is 1.64. The molecule has 0 spiro atoms. The standard InChI is InChI=1S/C8H11NO/c1-10-8-4-2-3-7(9)5-6-8/h2,4,6,9H,3,5H2,1H3. The van der Waals surface area contributed by atoms with Crippen molar-refractivity contribution in [3.05, 3.63) is 24.0 Å². The van der Waals surface area contributed by atoms with Crippen molar-refractivity contribution in [2.24, 2.45) is 0 Å². The van der Waals surface area contributed by atoms with Gasteiger partial charge in [-0.3, -0.25) is 0 Å². The molecule has 0 radical (unpaired) electrons. The van der Waals surface area contributed by atoms with Crippen LogP contribution in [0.3, 0.4) is 0 Å². The van der Waals surface area contributed by atoms with Crippen LogP contribution in [0.15, 0.2) is 24.0 Å². The van der Waals surface area contributed by atoms with Gasteiger partial charge in [0.15, 0.2) is 0 Å². The maximum Gasteiger partial charge on any atom is 0.114 e. The van der Waals surface area contributed by atoms with Gasteiger partial charge in [-0.25, -0.2) is 0 Å². The van der Waals surface area contributed by atoms with Gasteiger partial charge in [-0.2, -0.15) is 0 Å². The molecule has 0 atom stereocenters. The smallest absolute Gasteiger partial charge is 0.114 e. The molecule has 0 aliphatic heterocycles. The fourth-order valence-corrected chi connectivity index (χ4v) is 0.844. The number of nitrogens with one attached hydrogen (secondary N) is 1. The van der Waals surface area contributed by atoms with Crippen molar-refractivity contribution in [1.82, 2.24) is 0 Å². The van der Waals surface area contributed by atoms with Crippen molar-refractivity contribution < 1.29 is 4.74 Å². The Morgan fingerprint density at radius 3 is 3.00 bits per heavy atom. The maximum atomic E-state index is 7.34. The number of allylic oxidation sites excluding steroid dienone is 3. The van der Waals surface area contributed by atoms with E-state index in [9.17, 15) is 0 Å². The minimum atomic E-state index is 0.718. The van der Waals surface area contributed by atoms with Gasteiger partial charge >= 0.3 is 0 Å². The Morgan fingerprint density at radius 2 is 2.30 bits per heavy atom. The van der Waals surface area contributed by atoms with E-state index in [0.29, 0.717) is 0 Å². The molecule has 1 aliphatic carbocycles. The van der Waals surface area contributed by atoms with E-state index in [-0.39, 0.29) is 0 Å². The highest BCUT2D eigenvalue weighted by Crippen LogP contribution is 2.07. The van der Waals surface area contributed by atoms with Crippen LogP contribution in [0.25, 0.3) is 0 Å². The molecular formula is C8H11NO. The van der Waals surface area contributed by atoms with E-state index in [1.54, 1.807) is 7.11 Å². The zero-order chi connectivity index (χ0) is 7.40. The second-order valence-corrected chi connectivity index (χ2v) is 2.22. The normalized spacial score (nSPS) is 18.1. The number of ether oxygens (including phenoxy) is 1. The second-order valence-electron chi connectivity index (χ2n) is 2.22. The number of methoxy groups -OCH3 is 1. The molecule has 2 nitrogen and oxygen atoms in total. The lowest BCUT2D eigenvalue weighted by Crippen LogP contribution is -1.89. The van der Waals surface area contributed by atoms with E-state index in [1.807, 2.05) is 18.2 Å². The minimum absolute atomic E-state index is 0.718. The summed E-state index contributed by atoms with van der Waals surface area (Å²) < 4.78 is 5.00. The highest BCUT2D eigenvalue weighted by Gasteiger charge is 1.98. The minimum Gasteiger partial charge on any atom is -0.497 e. The Labute approximate surface area is 60.7 Å². The third-order valence-corrected chi connectivity index (χ3v) is 1.43. The summed E-state index contributed by atoms with van der Waals surface area (Å²) in [6, 6.07) is 0. The van der Waals surface area contributed by atoms with Gasteiger partial charge in [0.2, 0.25) is 0 Å². The third kappa shape index (κ3) is 1.72. The molecule has 0 bridgehead atoms. The number of hydrogen-bond acceptors (Lipinski definition) is 2. The van der Waals surface area contributed by atoms with Crippen LogP contribution in [0.2, 0.25) is 0 Å². The Balaban J connectivity index is 2.66. The van der Waals surface area contributed by atoms with E-state index >= 15 is 0 Å². The maximum absolute atomic E-state index is 7.34. The summed E-state index contributed by atoms with van der Waals surface area (Å²) in [4.78, 5) is 0. The van der Waals surface area contributed by atoms with Crippen LogP contribution in [0.5, 0.6) is 0 Å². The molecule has 0 aromatic carbocycles. The predicted molar refractivity (Wildman–Crippen MR) is 41.2 cm³/mol. The fraction of sp³-hybridized carbons (Fsp3) is 0.375. The van der Waals surface area contributed by atoms with Crippen LogP contribution >= 0.6 is 0 Å². The zero-order valence-electron chi connectivity index (χ0n) is 6.05. The van der Waals surface area contributed by atoms with Crippen LogP contribution in [-0.4, -0.2) is 12.8 Å². The van der Waals surface area contributed by atoms with Crippen LogP contribution in [0.1, 0.15) is 12.8 Å². The average molecular weight is 137 g/mol. The van der Waals surface area contributed by atoms with Crippen molar-refractivity contribution in [2.75, 3.05) is 7.11 Å². The van der Waals surface area contributed by atoms with Crippen molar-refractivity contribution in [3.8, 4) is 0 Å². The average Bonchev–Trinajstić information content (AvgIpc) is 2.14. The number of rotatable bonds is 1. The first-order valence-corrected chi connectivity index (χ1v) is 3.30. The van der Waals surface area contributed by atoms with Crippen molar-refractivity contribution in [2.45, 2.75) is 12.8 Å². The molecule has 0 heterocycles. The highest BCUT2D eigenvalue weighted by atomic mass is 16.5. The highest BCUT2D eigenvalue weighted by molar-refractivity contribution is 5.84. The Hall–Kier alpha value is -1.05. The lowest BCUT2D eigenvalue weighted by Gasteiger charge is -1.95. The monoisotopic (exact) mass is 137 g/mol. The van der Waals surface area contributed by atoms with Gasteiger partial charge in [0.05, 0.1) is 7.11 Å². The molecule has 0 saturated carbocycles. The lowest BCUT2D eigenvalue weighted by atomic mass is 10.2. The SMILES string of the molecule is COC1=CCC(=N)CC=C1. The molecular weight excluding hydrogens is 126 g/mol. The van der Waals surface area contributed by atoms with Crippen molar-refractivity contribution in [3.63, 3.8) is 0 Å². The summed E-state index contributed by atoms with van der Waals surface area (Å²) in [5.74, 6) is 0.863. The first-order valence-electron chi connectivity index (χ1n) is 3.30. The summed E-state index contributed by atoms with van der Waals surface area (Å²) in [5.41, 5.74) is 0.739. The lowest BCUT2D eigenvalue weighted by molar-refractivity contribution is 0.306. The quantitative estimate of drug-likeness (QED) is 0.588. The van der Waals surface area contributed by atoms with E-state index < -0.39 is 0 Å². The summed E-state index contributed by atoms with van der Waals surface area (Å²) in [6.45, 7) is 0. The van der Waals surface area contributed by atoms with Crippen LogP contribution in [-0.2, 0) is 4.74 Å². The van der Waals surface area contributed by atoms with E-state index in [0.717, 1.165) is 24.3 Å². The third-order valence-electron chi connectivity index (χ3n) is 1.43. The molecule has 0 unspecified atom stereocenters. The molecule has 1 N–H and O–H groups in total. The fourth-order valence-electron chi connectivity index (χ4n) is 0.844. The van der Waals surface area contributed by atoms with Gasteiger partial charge in [0.25, 0.3) is 0 Å². The van der Waals surface area contributed by atoms with E-state index in [2.05, 4.69) is 0 Å². The van der Waals surface area contributed by atoms with Crippen LogP contribution in [0, 0.1) is 5.41 Å². The predicted octanol–water partition coefficient (Wildman–Crippen LogP) is 1.89. The summed E-state index contributed by atoms with van der Waals surface area (Å²) in [5, 5.41) is 7.34. The molecule has 0 aromatic heterocycles. The van der Waals surface area contributed by atoms with Crippen molar-refractivity contribution in [1.29, 1.82) is 5.41 Å². The Bertz CT molecular complexity index is 191. The summed E-state index contributed by atoms with van der Waals surface area (Å²) >= 11 is 0. The molecule has 2 heteroatoms. The molecule has 0 aromatic rings. The van der Waals surface area contributed by atoms with Crippen LogP contribution in [0.4, 0.5) is 0 Å². The zero-order valence-corrected chi connectivity index (χ0v) is 6.05. The van der Waals surface area contributed by atoms with Crippen molar-refractivity contribution >= 4 is 5.71 Å². The molecule has 1 rings (SSSR count). The van der Waals surface area contributed by atoms with E-state index in [1.165, 1.54) is 0 Å². The van der Waals surface area contributed by atoms with Gasteiger partial charge in [-0.05, 0) is 12.2 Å². The summed E-state index contributed by atoms with van der Waals surface area (Å²) in [6.07, 6.45) is 7.25. The topological polar surface area (TPSA) is 33.1 Å². The first-order chi connectivity index (χ1) is 4.83. The van der Waals surface area contributed by atoms with Gasteiger partial charge in [0, 0.05) is 18.6 Å². The second kappa shape index (κ2) is 3.20. The molecule has 10 heavy (non-hydrogen) atoms.